The molecule has 5 nitrogen and oxygen atoms in total. The number of carbonyl (C=O) groups is 1. The molecule has 6 heteroatoms. The Balaban J connectivity index is 1.45. The normalized spacial score (nSPS) is 22.0. The van der Waals surface area contributed by atoms with Gasteiger partial charge in [0.2, 0.25) is 5.91 Å². The first kappa shape index (κ1) is 15.8. The summed E-state index contributed by atoms with van der Waals surface area (Å²) < 4.78 is 0. The zero-order chi connectivity index (χ0) is 16.7. The van der Waals surface area contributed by atoms with Gasteiger partial charge in [-0.2, -0.15) is 0 Å². The zero-order valence-corrected chi connectivity index (χ0v) is 15.2. The second kappa shape index (κ2) is 6.31. The fraction of sp³-hybridized carbons (Fsp3) is 0.611. The predicted molar refractivity (Wildman–Crippen MR) is 97.5 cm³/mol. The summed E-state index contributed by atoms with van der Waals surface area (Å²) >= 11 is 1.72. The van der Waals surface area contributed by atoms with Crippen LogP contribution in [0.15, 0.2) is 6.33 Å². The van der Waals surface area contributed by atoms with Crippen molar-refractivity contribution in [2.45, 2.75) is 52.0 Å². The number of likely N-dealkylation sites (tertiary alicyclic amines) is 1. The third-order valence-corrected chi connectivity index (χ3v) is 6.64. The van der Waals surface area contributed by atoms with E-state index in [0.29, 0.717) is 24.3 Å². The summed E-state index contributed by atoms with van der Waals surface area (Å²) in [5, 5.41) is 4.63. The Hall–Kier alpha value is -1.69. The van der Waals surface area contributed by atoms with Gasteiger partial charge in [0.1, 0.15) is 17.0 Å². The van der Waals surface area contributed by atoms with Gasteiger partial charge in [-0.1, -0.05) is 12.8 Å². The third kappa shape index (κ3) is 2.77. The summed E-state index contributed by atoms with van der Waals surface area (Å²) in [7, 11) is 0. The van der Waals surface area contributed by atoms with Crippen molar-refractivity contribution < 1.29 is 4.79 Å². The molecule has 0 radical (unpaired) electrons. The monoisotopic (exact) mass is 344 g/mol. The molecule has 1 amide bonds. The molecule has 3 heterocycles. The molecule has 2 fully saturated rings. The lowest BCUT2D eigenvalue weighted by Crippen LogP contribution is -2.34. The van der Waals surface area contributed by atoms with E-state index < -0.39 is 0 Å². The molecule has 1 N–H and O–H groups in total. The first-order chi connectivity index (χ1) is 11.6. The first-order valence-electron chi connectivity index (χ1n) is 8.87. The number of anilines is 1. The molecule has 1 saturated heterocycles. The number of aromatic nitrogens is 2. The molecule has 24 heavy (non-hydrogen) atoms. The summed E-state index contributed by atoms with van der Waals surface area (Å²) in [6, 6.07) is 0.495. The van der Waals surface area contributed by atoms with Crippen LogP contribution in [0.5, 0.6) is 0 Å². The zero-order valence-electron chi connectivity index (χ0n) is 14.3. The van der Waals surface area contributed by atoms with Crippen LogP contribution in [-0.2, 0) is 4.79 Å². The van der Waals surface area contributed by atoms with Crippen LogP contribution >= 0.6 is 11.3 Å². The lowest BCUT2D eigenvalue weighted by atomic mass is 10.1. The predicted octanol–water partition coefficient (Wildman–Crippen LogP) is 3.51. The van der Waals surface area contributed by atoms with E-state index in [1.807, 2.05) is 0 Å². The number of rotatable bonds is 4. The topological polar surface area (TPSA) is 58.1 Å². The van der Waals surface area contributed by atoms with E-state index in [9.17, 15) is 4.79 Å². The lowest BCUT2D eigenvalue weighted by molar-refractivity contribution is -0.129. The number of hydrogen-bond acceptors (Lipinski definition) is 5. The molecule has 2 aliphatic rings. The Morgan fingerprint density at radius 1 is 1.29 bits per heavy atom. The third-order valence-electron chi connectivity index (χ3n) is 5.53. The van der Waals surface area contributed by atoms with Crippen LogP contribution in [0.4, 0.5) is 5.82 Å². The molecule has 1 saturated carbocycles. The smallest absolute Gasteiger partial charge is 0.223 e. The molecule has 2 aromatic rings. The van der Waals surface area contributed by atoms with Gasteiger partial charge in [-0.05, 0) is 32.3 Å². The van der Waals surface area contributed by atoms with Gasteiger partial charge in [0.15, 0.2) is 0 Å². The van der Waals surface area contributed by atoms with Crippen LogP contribution < -0.4 is 5.32 Å². The molecule has 0 spiro atoms. The highest BCUT2D eigenvalue weighted by Crippen LogP contribution is 2.33. The minimum absolute atomic E-state index is 0.337. The van der Waals surface area contributed by atoms with E-state index in [-0.39, 0.29) is 0 Å². The Kier molecular flexibility index (Phi) is 4.16. The van der Waals surface area contributed by atoms with E-state index in [2.05, 4.69) is 34.0 Å². The van der Waals surface area contributed by atoms with E-state index in [4.69, 9.17) is 0 Å². The second-order valence-corrected chi connectivity index (χ2v) is 8.32. The summed E-state index contributed by atoms with van der Waals surface area (Å²) in [4.78, 5) is 25.6. The lowest BCUT2D eigenvalue weighted by Gasteiger charge is -2.24. The Bertz CT molecular complexity index is 766. The minimum atomic E-state index is 0.337. The standard InChI is InChI=1S/C18H24N4OS/c1-11-12(2)24-18-16(11)17(20-10-21-18)19-8-13-7-15(23)22(9-13)14-5-3-4-6-14/h10,13-14H,3-9H2,1-2H3,(H,19,20,21). The SMILES string of the molecule is Cc1sc2ncnc(NCC3CC(=O)N(C4CCCC4)C3)c2c1C. The maximum absolute atomic E-state index is 12.3. The number of amides is 1. The van der Waals surface area contributed by atoms with Crippen molar-refractivity contribution in [3.05, 3.63) is 16.8 Å². The van der Waals surface area contributed by atoms with E-state index in [1.165, 1.54) is 36.1 Å². The molecule has 128 valence electrons. The highest BCUT2D eigenvalue weighted by Gasteiger charge is 2.35. The first-order valence-corrected chi connectivity index (χ1v) is 9.69. The molecule has 0 aromatic carbocycles. The molecule has 4 rings (SSSR count). The van der Waals surface area contributed by atoms with Crippen molar-refractivity contribution in [2.75, 3.05) is 18.4 Å². The van der Waals surface area contributed by atoms with E-state index >= 15 is 0 Å². The van der Waals surface area contributed by atoms with Gasteiger partial charge in [-0.25, -0.2) is 9.97 Å². The largest absolute Gasteiger partial charge is 0.369 e. The molecular formula is C18H24N4OS. The molecule has 1 unspecified atom stereocenters. The van der Waals surface area contributed by atoms with Gasteiger partial charge >= 0.3 is 0 Å². The van der Waals surface area contributed by atoms with Crippen molar-refractivity contribution in [3.8, 4) is 0 Å². The average molecular weight is 344 g/mol. The Morgan fingerprint density at radius 2 is 2.08 bits per heavy atom. The maximum atomic E-state index is 12.3. The van der Waals surface area contributed by atoms with Crippen LogP contribution in [0, 0.1) is 19.8 Å². The molecule has 1 atom stereocenters. The van der Waals surface area contributed by atoms with Crippen molar-refractivity contribution in [2.24, 2.45) is 5.92 Å². The van der Waals surface area contributed by atoms with Crippen molar-refractivity contribution >= 4 is 33.3 Å². The molecule has 1 aliphatic carbocycles. The summed E-state index contributed by atoms with van der Waals surface area (Å²) in [6.07, 6.45) is 7.21. The van der Waals surface area contributed by atoms with Crippen LogP contribution in [0.3, 0.4) is 0 Å². The van der Waals surface area contributed by atoms with E-state index in [1.54, 1.807) is 17.7 Å². The fourth-order valence-electron chi connectivity index (χ4n) is 4.07. The quantitative estimate of drug-likeness (QED) is 0.922. The number of carbonyl (C=O) groups excluding carboxylic acids is 1. The van der Waals surface area contributed by atoms with Crippen molar-refractivity contribution in [1.82, 2.24) is 14.9 Å². The van der Waals surface area contributed by atoms with E-state index in [0.717, 1.165) is 29.1 Å². The van der Waals surface area contributed by atoms with Crippen molar-refractivity contribution in [1.29, 1.82) is 0 Å². The van der Waals surface area contributed by atoms with Gasteiger partial charge in [0.05, 0.1) is 5.39 Å². The molecule has 2 aromatic heterocycles. The highest BCUT2D eigenvalue weighted by molar-refractivity contribution is 7.18. The minimum Gasteiger partial charge on any atom is -0.369 e. The average Bonchev–Trinajstić information content (AvgIpc) is 3.27. The number of hydrogen-bond donors (Lipinski definition) is 1. The van der Waals surface area contributed by atoms with Gasteiger partial charge in [0, 0.05) is 36.3 Å². The summed E-state index contributed by atoms with van der Waals surface area (Å²) in [5.41, 5.74) is 1.26. The van der Waals surface area contributed by atoms with Crippen LogP contribution in [0.25, 0.3) is 10.2 Å². The summed E-state index contributed by atoms with van der Waals surface area (Å²) in [5.74, 6) is 1.63. The second-order valence-electron chi connectivity index (χ2n) is 7.12. The molecule has 0 bridgehead atoms. The van der Waals surface area contributed by atoms with Crippen LogP contribution in [0.2, 0.25) is 0 Å². The number of aryl methyl sites for hydroxylation is 2. The summed E-state index contributed by atoms with van der Waals surface area (Å²) in [6.45, 7) is 5.95. The number of thiophene rings is 1. The van der Waals surface area contributed by atoms with Crippen molar-refractivity contribution in [3.63, 3.8) is 0 Å². The maximum Gasteiger partial charge on any atom is 0.223 e. The number of nitrogens with zero attached hydrogens (tertiary/aromatic N) is 3. The van der Waals surface area contributed by atoms with Gasteiger partial charge in [-0.3, -0.25) is 4.79 Å². The molecular weight excluding hydrogens is 320 g/mol. The number of nitrogens with one attached hydrogen (secondary N) is 1. The number of fused-ring (bicyclic) bond motifs is 1. The van der Waals surface area contributed by atoms with Crippen LogP contribution in [0.1, 0.15) is 42.5 Å². The Morgan fingerprint density at radius 3 is 2.88 bits per heavy atom. The van der Waals surface area contributed by atoms with Gasteiger partial charge in [-0.15, -0.1) is 11.3 Å². The molecule has 1 aliphatic heterocycles. The highest BCUT2D eigenvalue weighted by atomic mass is 32.1. The van der Waals surface area contributed by atoms with Crippen LogP contribution in [-0.4, -0.2) is 39.9 Å². The Labute approximate surface area is 146 Å². The van der Waals surface area contributed by atoms with Gasteiger partial charge in [0.25, 0.3) is 0 Å². The van der Waals surface area contributed by atoms with Gasteiger partial charge < -0.3 is 10.2 Å². The fourth-order valence-corrected chi connectivity index (χ4v) is 5.07.